The average molecular weight is 379 g/mol. The van der Waals surface area contributed by atoms with Crippen LogP contribution in [0.2, 0.25) is 0 Å². The summed E-state index contributed by atoms with van der Waals surface area (Å²) in [6, 6.07) is 13.0. The number of likely N-dealkylation sites (tertiary alicyclic amines) is 1. The van der Waals surface area contributed by atoms with Crippen molar-refractivity contribution in [3.63, 3.8) is 0 Å². The van der Waals surface area contributed by atoms with Crippen molar-refractivity contribution in [1.29, 1.82) is 0 Å². The second-order valence-electron chi connectivity index (χ2n) is 7.14. The van der Waals surface area contributed by atoms with Gasteiger partial charge in [0.15, 0.2) is 5.65 Å². The first-order valence-electron chi connectivity index (χ1n) is 9.85. The van der Waals surface area contributed by atoms with Gasteiger partial charge in [0, 0.05) is 12.7 Å². The summed E-state index contributed by atoms with van der Waals surface area (Å²) in [5.41, 5.74) is 1.69. The van der Waals surface area contributed by atoms with E-state index in [1.165, 1.54) is 17.4 Å². The Bertz CT molecular complexity index is 1000. The molecule has 1 N–H and O–H groups in total. The van der Waals surface area contributed by atoms with Gasteiger partial charge in [-0.3, -0.25) is 9.36 Å². The summed E-state index contributed by atoms with van der Waals surface area (Å²) in [6.45, 7) is 3.95. The van der Waals surface area contributed by atoms with Crippen LogP contribution in [0.25, 0.3) is 16.9 Å². The molecule has 4 rings (SSSR count). The molecule has 1 amide bonds. The van der Waals surface area contributed by atoms with Gasteiger partial charge in [0.05, 0.1) is 11.2 Å². The smallest absolute Gasteiger partial charge is 0.335 e. The predicted octanol–water partition coefficient (Wildman–Crippen LogP) is 1.79. The first-order valence-corrected chi connectivity index (χ1v) is 9.85. The van der Waals surface area contributed by atoms with Crippen LogP contribution in [-0.4, -0.2) is 51.1 Å². The maximum absolute atomic E-state index is 13.0. The highest BCUT2D eigenvalue weighted by Crippen LogP contribution is 2.15. The van der Waals surface area contributed by atoms with Crippen molar-refractivity contribution in [1.82, 2.24) is 24.3 Å². The molecule has 7 nitrogen and oxygen atoms in total. The zero-order valence-electron chi connectivity index (χ0n) is 15.9. The Kier molecular flexibility index (Phi) is 5.53. The number of para-hydroxylation sites is 1. The molecule has 1 saturated heterocycles. The lowest BCUT2D eigenvalue weighted by molar-refractivity contribution is -0.121. The van der Waals surface area contributed by atoms with E-state index in [-0.39, 0.29) is 18.1 Å². The van der Waals surface area contributed by atoms with Crippen LogP contribution in [0.15, 0.2) is 53.5 Å². The minimum Gasteiger partial charge on any atom is -0.354 e. The van der Waals surface area contributed by atoms with Crippen LogP contribution < -0.4 is 11.0 Å². The Labute approximate surface area is 163 Å². The monoisotopic (exact) mass is 379 g/mol. The predicted molar refractivity (Wildman–Crippen MR) is 109 cm³/mol. The molecule has 1 aromatic carbocycles. The molecule has 1 aliphatic heterocycles. The summed E-state index contributed by atoms with van der Waals surface area (Å²) < 4.78 is 3.04. The number of rotatable bonds is 7. The van der Waals surface area contributed by atoms with Crippen LogP contribution in [0.3, 0.4) is 0 Å². The van der Waals surface area contributed by atoms with E-state index in [1.54, 1.807) is 16.8 Å². The van der Waals surface area contributed by atoms with Crippen LogP contribution in [0.5, 0.6) is 0 Å². The molecular formula is C21H25N5O2. The van der Waals surface area contributed by atoms with E-state index in [2.05, 4.69) is 15.2 Å². The zero-order chi connectivity index (χ0) is 19.3. The number of hydrogen-bond donors (Lipinski definition) is 1. The number of amides is 1. The van der Waals surface area contributed by atoms with Gasteiger partial charge in [-0.2, -0.15) is 0 Å². The number of nitrogens with one attached hydrogen (secondary N) is 1. The number of hydrogen-bond acceptors (Lipinski definition) is 4. The van der Waals surface area contributed by atoms with Gasteiger partial charge < -0.3 is 10.2 Å². The van der Waals surface area contributed by atoms with E-state index in [0.717, 1.165) is 31.7 Å². The van der Waals surface area contributed by atoms with Crippen LogP contribution >= 0.6 is 0 Å². The van der Waals surface area contributed by atoms with Crippen molar-refractivity contribution < 1.29 is 4.79 Å². The number of carbonyl (C=O) groups is 1. The van der Waals surface area contributed by atoms with Crippen molar-refractivity contribution in [3.05, 3.63) is 59.1 Å². The van der Waals surface area contributed by atoms with Crippen LogP contribution in [-0.2, 0) is 11.3 Å². The Morgan fingerprint density at radius 1 is 1.07 bits per heavy atom. The highest BCUT2D eigenvalue weighted by molar-refractivity contribution is 5.80. The molecule has 3 aromatic rings. The molecule has 3 heterocycles. The molecule has 7 heteroatoms. The van der Waals surface area contributed by atoms with Crippen LogP contribution in [0, 0.1) is 0 Å². The summed E-state index contributed by atoms with van der Waals surface area (Å²) in [5.74, 6) is -0.153. The van der Waals surface area contributed by atoms with Crippen molar-refractivity contribution in [2.75, 3.05) is 26.2 Å². The summed E-state index contributed by atoms with van der Waals surface area (Å²) in [6.07, 6.45) is 5.13. The molecule has 146 valence electrons. The molecule has 28 heavy (non-hydrogen) atoms. The van der Waals surface area contributed by atoms with E-state index < -0.39 is 0 Å². The van der Waals surface area contributed by atoms with Gasteiger partial charge in [-0.25, -0.2) is 14.3 Å². The molecule has 0 saturated carbocycles. The van der Waals surface area contributed by atoms with E-state index in [4.69, 9.17) is 0 Å². The number of fused-ring (bicyclic) bond motifs is 1. The first kappa shape index (κ1) is 18.4. The average Bonchev–Trinajstić information content (AvgIpc) is 3.33. The van der Waals surface area contributed by atoms with Gasteiger partial charge in [-0.1, -0.05) is 18.2 Å². The van der Waals surface area contributed by atoms with E-state index >= 15 is 0 Å². The zero-order valence-corrected chi connectivity index (χ0v) is 15.9. The van der Waals surface area contributed by atoms with E-state index in [1.807, 2.05) is 36.4 Å². The lowest BCUT2D eigenvalue weighted by Gasteiger charge is -2.14. The number of aromatic nitrogens is 3. The van der Waals surface area contributed by atoms with E-state index in [0.29, 0.717) is 17.7 Å². The Balaban J connectivity index is 1.48. The molecule has 0 unspecified atom stereocenters. The van der Waals surface area contributed by atoms with Crippen LogP contribution in [0.4, 0.5) is 0 Å². The molecule has 1 aliphatic rings. The van der Waals surface area contributed by atoms with Crippen molar-refractivity contribution >= 4 is 17.1 Å². The molecule has 0 atom stereocenters. The minimum atomic E-state index is -0.257. The summed E-state index contributed by atoms with van der Waals surface area (Å²) >= 11 is 0. The van der Waals surface area contributed by atoms with Gasteiger partial charge in [-0.15, -0.1) is 0 Å². The summed E-state index contributed by atoms with van der Waals surface area (Å²) in [4.78, 5) is 32.3. The van der Waals surface area contributed by atoms with Gasteiger partial charge in [0.25, 0.3) is 0 Å². The van der Waals surface area contributed by atoms with Crippen LogP contribution in [0.1, 0.15) is 19.3 Å². The number of nitrogens with zero attached hydrogens (tertiary/aromatic N) is 4. The number of pyridine rings is 1. The number of benzene rings is 1. The molecule has 1 fully saturated rings. The molecule has 0 aliphatic carbocycles. The molecular weight excluding hydrogens is 354 g/mol. The highest BCUT2D eigenvalue weighted by Gasteiger charge is 2.17. The van der Waals surface area contributed by atoms with Crippen molar-refractivity contribution in [2.24, 2.45) is 0 Å². The highest BCUT2D eigenvalue weighted by atomic mass is 16.2. The molecule has 0 radical (unpaired) electrons. The maximum Gasteiger partial charge on any atom is 0.335 e. The van der Waals surface area contributed by atoms with Gasteiger partial charge in [-0.05, 0) is 63.2 Å². The van der Waals surface area contributed by atoms with Gasteiger partial charge in [0.1, 0.15) is 6.54 Å². The molecule has 0 bridgehead atoms. The lowest BCUT2D eigenvalue weighted by Crippen LogP contribution is -2.34. The van der Waals surface area contributed by atoms with Crippen molar-refractivity contribution in [3.8, 4) is 5.69 Å². The fourth-order valence-electron chi connectivity index (χ4n) is 3.78. The quantitative estimate of drug-likeness (QED) is 0.636. The van der Waals surface area contributed by atoms with Gasteiger partial charge >= 0.3 is 5.69 Å². The standard InChI is InChI=1S/C21H25N5O2/c27-19(22-12-7-15-24-13-4-5-14-24)16-25-18-10-6-11-23-20(18)26(21(25)28)17-8-2-1-3-9-17/h1-3,6,8-11H,4-5,7,12-16H2,(H,22,27). The topological polar surface area (TPSA) is 72.2 Å². The third-order valence-corrected chi connectivity index (χ3v) is 5.18. The Morgan fingerprint density at radius 2 is 1.86 bits per heavy atom. The fraction of sp³-hybridized carbons (Fsp3) is 0.381. The minimum absolute atomic E-state index is 0.00935. The summed E-state index contributed by atoms with van der Waals surface area (Å²) in [5, 5.41) is 2.94. The largest absolute Gasteiger partial charge is 0.354 e. The third-order valence-electron chi connectivity index (χ3n) is 5.18. The second-order valence-corrected chi connectivity index (χ2v) is 7.14. The SMILES string of the molecule is O=C(Cn1c(=O)n(-c2ccccc2)c2ncccc21)NCCCN1CCCC1. The second kappa shape index (κ2) is 8.39. The Morgan fingerprint density at radius 3 is 2.64 bits per heavy atom. The maximum atomic E-state index is 13.0. The van der Waals surface area contributed by atoms with Crippen molar-refractivity contribution in [2.45, 2.75) is 25.8 Å². The lowest BCUT2D eigenvalue weighted by atomic mass is 10.3. The Hall–Kier alpha value is -2.93. The first-order chi connectivity index (χ1) is 13.7. The van der Waals surface area contributed by atoms with Gasteiger partial charge in [0.2, 0.25) is 5.91 Å². The number of imidazole rings is 1. The van der Waals surface area contributed by atoms with E-state index in [9.17, 15) is 9.59 Å². The fourth-order valence-corrected chi connectivity index (χ4v) is 3.78. The third kappa shape index (κ3) is 3.84. The molecule has 0 spiro atoms. The molecule has 2 aromatic heterocycles. The number of carbonyl (C=O) groups excluding carboxylic acids is 1. The normalized spacial score (nSPS) is 14.6. The summed E-state index contributed by atoms with van der Waals surface area (Å²) in [7, 11) is 0.